The molecule has 220 valence electrons. The number of aromatic hydroxyl groups is 1. The number of hydrogen-bond donors (Lipinski definition) is 5. The van der Waals surface area contributed by atoms with Crippen LogP contribution in [0.4, 0.5) is 5.69 Å². The zero-order valence-electron chi connectivity index (χ0n) is 23.3. The first-order valence-corrected chi connectivity index (χ1v) is 14.7. The molecule has 3 aliphatic rings. The molecule has 0 aromatic heterocycles. The van der Waals surface area contributed by atoms with Gasteiger partial charge in [0.05, 0.1) is 35.3 Å². The van der Waals surface area contributed by atoms with Crippen LogP contribution in [0.15, 0.2) is 59.2 Å². The average molecular weight is 594 g/mol. The molecule has 12 heteroatoms. The smallest absolute Gasteiger partial charge is 0.488 e. The number of phenolic OH excluding ortho intramolecular Hbond substituents is 1. The number of phenols is 1. The third-order valence-corrected chi connectivity index (χ3v) is 8.90. The van der Waals surface area contributed by atoms with Gasteiger partial charge >= 0.3 is 14.2 Å². The Bertz CT molecular complexity index is 1430. The Morgan fingerprint density at radius 3 is 2.62 bits per heavy atom. The number of aliphatic hydroxyl groups excluding tert-OH is 1. The molecule has 42 heavy (non-hydrogen) atoms. The lowest BCUT2D eigenvalue weighted by atomic mass is 9.58. The minimum absolute atomic E-state index is 0.0844. The normalized spacial score (nSPS) is 24.3. The van der Waals surface area contributed by atoms with Crippen molar-refractivity contribution >= 4 is 54.9 Å². The molecule has 2 aromatic rings. The van der Waals surface area contributed by atoms with Crippen LogP contribution < -0.4 is 10.4 Å². The van der Waals surface area contributed by atoms with Crippen LogP contribution in [0.25, 0.3) is 6.08 Å². The van der Waals surface area contributed by atoms with Crippen molar-refractivity contribution in [1.82, 2.24) is 0 Å². The molecule has 0 unspecified atom stereocenters. The van der Waals surface area contributed by atoms with Crippen LogP contribution in [0.1, 0.15) is 44.6 Å². The van der Waals surface area contributed by atoms with Crippen LogP contribution in [0.5, 0.6) is 5.75 Å². The maximum Gasteiger partial charge on any atom is 0.488 e. The Hall–Kier alpha value is -2.92. The number of imide groups is 1. The van der Waals surface area contributed by atoms with Gasteiger partial charge in [0, 0.05) is 0 Å². The largest absolute Gasteiger partial charge is 0.508 e. The summed E-state index contributed by atoms with van der Waals surface area (Å²) >= 11 is 6.34. The van der Waals surface area contributed by atoms with E-state index in [9.17, 15) is 34.9 Å². The number of halogens is 1. The topological polar surface area (TPSA) is 148 Å². The van der Waals surface area contributed by atoms with Crippen molar-refractivity contribution in [3.63, 3.8) is 0 Å². The number of hydrogen-bond acceptors (Lipinski definition) is 8. The molecular formula is C30H34B2ClNO8. The zero-order chi connectivity index (χ0) is 30.1. The fourth-order valence-electron chi connectivity index (χ4n) is 6.75. The lowest BCUT2D eigenvalue weighted by molar-refractivity contribution is -0.122. The van der Waals surface area contributed by atoms with Gasteiger partial charge in [-0.25, -0.2) is 0 Å². The summed E-state index contributed by atoms with van der Waals surface area (Å²) < 4.78 is 6.01. The Balaban J connectivity index is 1.43. The van der Waals surface area contributed by atoms with E-state index in [-0.39, 0.29) is 36.2 Å². The van der Waals surface area contributed by atoms with Crippen molar-refractivity contribution < 1.29 is 39.5 Å². The van der Waals surface area contributed by atoms with Gasteiger partial charge in [-0.3, -0.25) is 14.5 Å². The highest BCUT2D eigenvalue weighted by Crippen LogP contribution is 2.51. The van der Waals surface area contributed by atoms with Gasteiger partial charge in [-0.15, -0.1) is 0 Å². The summed E-state index contributed by atoms with van der Waals surface area (Å²) in [5, 5.41) is 50.5. The van der Waals surface area contributed by atoms with Crippen LogP contribution in [-0.4, -0.2) is 64.0 Å². The summed E-state index contributed by atoms with van der Waals surface area (Å²) in [5.41, 5.74) is 3.74. The van der Waals surface area contributed by atoms with E-state index in [1.54, 1.807) is 24.3 Å². The van der Waals surface area contributed by atoms with Gasteiger partial charge in [0.15, 0.2) is 0 Å². The third kappa shape index (κ3) is 5.95. The van der Waals surface area contributed by atoms with Crippen molar-refractivity contribution in [1.29, 1.82) is 0 Å². The first-order valence-electron chi connectivity index (χ1n) is 14.3. The highest BCUT2D eigenvalue weighted by molar-refractivity contribution is 6.58. The Morgan fingerprint density at radius 2 is 1.93 bits per heavy atom. The van der Waals surface area contributed by atoms with Gasteiger partial charge in [-0.05, 0) is 90.4 Å². The number of rotatable bonds is 9. The molecule has 5 N–H and O–H groups in total. The molecule has 4 atom stereocenters. The average Bonchev–Trinajstić information content (AvgIpc) is 3.21. The number of carbonyl (C=O) groups is 2. The standard InChI is InChI=1S/C30H34B2ClNO8/c1-2-4-17(11-18-8-9-22(36)14-25(18)33)7-10-26-27-19(16-35)12-23-28(24(27)15-31(39)42-26)30(38)34(29(23)37)21-6-3-5-20(13-21)32(40)41/h3,5-6,8-9,11,13-14,23-24,26,28,35-36,39-41H,2,4,7,10,12,15-16H2,1H3/b17-11+/t23-,24+,26-,28-/m1/s1. The highest BCUT2D eigenvalue weighted by atomic mass is 35.5. The summed E-state index contributed by atoms with van der Waals surface area (Å²) in [7, 11) is -2.89. The first-order chi connectivity index (χ1) is 20.1. The maximum absolute atomic E-state index is 13.8. The molecule has 2 aliphatic heterocycles. The number of allylic oxidation sites excluding steroid dienone is 1. The van der Waals surface area contributed by atoms with E-state index in [4.69, 9.17) is 16.3 Å². The molecule has 2 amide bonds. The van der Waals surface area contributed by atoms with E-state index < -0.39 is 49.9 Å². The molecule has 2 aromatic carbocycles. The Morgan fingerprint density at radius 1 is 1.14 bits per heavy atom. The molecule has 2 heterocycles. The molecule has 0 saturated carbocycles. The number of amides is 2. The minimum atomic E-state index is -1.75. The van der Waals surface area contributed by atoms with Crippen LogP contribution in [0.2, 0.25) is 11.3 Å². The number of aliphatic hydroxyl groups is 1. The fraction of sp³-hybridized carbons (Fsp3) is 0.400. The number of carbonyl (C=O) groups excluding carboxylic acids is 2. The SMILES string of the molecule is CCC/C(=C\c1ccc(O)cc1Cl)CC[C@H]1OB(O)C[C@H]2C1=C(CO)C[C@H]1C(=O)N(c3cccc(B(O)O)c3)C(=O)[C@H]12. The summed E-state index contributed by atoms with van der Waals surface area (Å²) in [4.78, 5) is 28.5. The number of anilines is 1. The third-order valence-electron chi connectivity index (χ3n) is 8.57. The molecule has 2 saturated heterocycles. The molecule has 0 radical (unpaired) electrons. The maximum atomic E-state index is 13.8. The van der Waals surface area contributed by atoms with E-state index in [1.165, 1.54) is 18.2 Å². The zero-order valence-corrected chi connectivity index (χ0v) is 24.1. The molecule has 1 aliphatic carbocycles. The quantitative estimate of drug-likeness (QED) is 0.169. The molecule has 0 spiro atoms. The van der Waals surface area contributed by atoms with E-state index in [0.717, 1.165) is 34.5 Å². The second-order valence-electron chi connectivity index (χ2n) is 11.3. The summed E-state index contributed by atoms with van der Waals surface area (Å²) in [6.45, 7) is 1.78. The van der Waals surface area contributed by atoms with Crippen molar-refractivity contribution in [2.24, 2.45) is 17.8 Å². The van der Waals surface area contributed by atoms with Gasteiger partial charge in [0.2, 0.25) is 11.8 Å². The fourth-order valence-corrected chi connectivity index (χ4v) is 6.98. The summed E-state index contributed by atoms with van der Waals surface area (Å²) in [6, 6.07) is 10.8. The second-order valence-corrected chi connectivity index (χ2v) is 11.7. The predicted molar refractivity (Wildman–Crippen MR) is 161 cm³/mol. The van der Waals surface area contributed by atoms with Gasteiger partial charge < -0.3 is 29.9 Å². The highest BCUT2D eigenvalue weighted by Gasteiger charge is 2.57. The first kappa shape index (κ1) is 30.5. The Kier molecular flexibility index (Phi) is 9.27. The summed E-state index contributed by atoms with van der Waals surface area (Å²) in [5.74, 6) is -2.65. The van der Waals surface area contributed by atoms with Crippen molar-refractivity contribution in [2.45, 2.75) is 51.5 Å². The van der Waals surface area contributed by atoms with E-state index in [1.807, 2.05) is 6.08 Å². The van der Waals surface area contributed by atoms with Crippen molar-refractivity contribution in [3.8, 4) is 5.75 Å². The number of nitrogens with zero attached hydrogens (tertiary/aromatic N) is 1. The van der Waals surface area contributed by atoms with Gasteiger partial charge in [0.25, 0.3) is 0 Å². The molecular weight excluding hydrogens is 559 g/mol. The molecule has 9 nitrogen and oxygen atoms in total. The van der Waals surface area contributed by atoms with E-state index in [2.05, 4.69) is 6.92 Å². The predicted octanol–water partition coefficient (Wildman–Crippen LogP) is 2.68. The molecule has 2 fully saturated rings. The summed E-state index contributed by atoms with van der Waals surface area (Å²) in [6.07, 6.45) is 4.57. The lowest BCUT2D eigenvalue weighted by Crippen LogP contribution is -2.46. The number of benzene rings is 2. The minimum Gasteiger partial charge on any atom is -0.508 e. The van der Waals surface area contributed by atoms with Crippen LogP contribution in [0, 0.1) is 17.8 Å². The monoisotopic (exact) mass is 593 g/mol. The van der Waals surface area contributed by atoms with Crippen LogP contribution >= 0.6 is 11.6 Å². The molecule has 5 rings (SSSR count). The van der Waals surface area contributed by atoms with Crippen LogP contribution in [0.3, 0.4) is 0 Å². The van der Waals surface area contributed by atoms with Crippen molar-refractivity contribution in [2.75, 3.05) is 11.5 Å². The van der Waals surface area contributed by atoms with Crippen molar-refractivity contribution in [3.05, 3.63) is 69.8 Å². The lowest BCUT2D eigenvalue weighted by Gasteiger charge is -2.43. The Labute approximate surface area is 250 Å². The van der Waals surface area contributed by atoms with Gasteiger partial charge in [-0.2, -0.15) is 0 Å². The van der Waals surface area contributed by atoms with E-state index in [0.29, 0.717) is 23.4 Å². The number of fused-ring (bicyclic) bond motifs is 3. The van der Waals surface area contributed by atoms with Gasteiger partial charge in [0.1, 0.15) is 5.75 Å². The molecule has 0 bridgehead atoms. The van der Waals surface area contributed by atoms with E-state index >= 15 is 0 Å². The second kappa shape index (κ2) is 12.8. The van der Waals surface area contributed by atoms with Gasteiger partial charge in [-0.1, -0.05) is 48.7 Å². The van der Waals surface area contributed by atoms with Crippen LogP contribution in [-0.2, 0) is 14.2 Å².